The van der Waals surface area contributed by atoms with E-state index in [1.807, 2.05) is 0 Å². The smallest absolute Gasteiger partial charge is 0.126 e. The Hall–Kier alpha value is -2.53. The number of nitrogens with one attached hydrogen (secondary N) is 3. The summed E-state index contributed by atoms with van der Waals surface area (Å²) in [7, 11) is 0. The van der Waals surface area contributed by atoms with Gasteiger partial charge in [0.2, 0.25) is 0 Å². The zero-order valence-electron chi connectivity index (χ0n) is 17.8. The third-order valence-corrected chi connectivity index (χ3v) is 6.57. The number of para-hydroxylation sites is 3. The number of rotatable bonds is 7. The number of aromatic amines is 1. The molecule has 1 aromatic heterocycles. The molecule has 0 saturated carbocycles. The van der Waals surface area contributed by atoms with E-state index in [1.54, 1.807) is 0 Å². The molecule has 2 aliphatic rings. The molecule has 3 heterocycles. The van der Waals surface area contributed by atoms with Crippen molar-refractivity contribution in [3.8, 4) is 0 Å². The van der Waals surface area contributed by atoms with Gasteiger partial charge in [-0.05, 0) is 68.8 Å². The van der Waals surface area contributed by atoms with E-state index in [0.717, 1.165) is 36.5 Å². The fraction of sp³-hybridized carbons (Fsp3) is 0.480. The summed E-state index contributed by atoms with van der Waals surface area (Å²) >= 11 is 0. The van der Waals surface area contributed by atoms with Gasteiger partial charge < -0.3 is 20.5 Å². The van der Waals surface area contributed by atoms with Crippen LogP contribution in [0.2, 0.25) is 0 Å². The molecule has 2 aromatic carbocycles. The Balaban J connectivity index is 1.37. The van der Waals surface area contributed by atoms with Crippen LogP contribution < -0.4 is 15.5 Å². The molecule has 158 valence electrons. The lowest BCUT2D eigenvalue weighted by Crippen LogP contribution is -2.35. The molecule has 1 atom stereocenters. The van der Waals surface area contributed by atoms with E-state index in [9.17, 15) is 0 Å². The monoisotopic (exact) mass is 403 g/mol. The van der Waals surface area contributed by atoms with Crippen molar-refractivity contribution >= 4 is 22.4 Å². The zero-order valence-corrected chi connectivity index (χ0v) is 17.8. The zero-order chi connectivity index (χ0) is 20.2. The summed E-state index contributed by atoms with van der Waals surface area (Å²) in [6.45, 7) is 4.11. The van der Waals surface area contributed by atoms with E-state index in [0.29, 0.717) is 6.04 Å². The van der Waals surface area contributed by atoms with Gasteiger partial charge in [-0.1, -0.05) is 30.7 Å². The second kappa shape index (κ2) is 9.09. The number of hydrogen-bond acceptors (Lipinski definition) is 4. The molecule has 1 saturated heterocycles. The SMILES string of the molecule is c1cc2c(c(N(CCCC3CCCCN3)Cc3nc4ccccc4[nH]3)c1)NCCC2. The lowest BCUT2D eigenvalue weighted by molar-refractivity contribution is 0.376. The number of nitrogens with zero attached hydrogens (tertiary/aromatic N) is 2. The lowest BCUT2D eigenvalue weighted by atomic mass is 9.99. The van der Waals surface area contributed by atoms with Gasteiger partial charge in [0.1, 0.15) is 5.82 Å². The number of hydrogen-bond donors (Lipinski definition) is 3. The number of benzene rings is 2. The summed E-state index contributed by atoms with van der Waals surface area (Å²) < 4.78 is 0. The molecule has 3 N–H and O–H groups in total. The van der Waals surface area contributed by atoms with E-state index in [1.165, 1.54) is 68.4 Å². The average molecular weight is 404 g/mol. The highest BCUT2D eigenvalue weighted by Crippen LogP contribution is 2.34. The number of fused-ring (bicyclic) bond motifs is 2. The summed E-state index contributed by atoms with van der Waals surface area (Å²) in [5.74, 6) is 1.04. The molecular weight excluding hydrogens is 370 g/mol. The number of H-pyrrole nitrogens is 1. The van der Waals surface area contributed by atoms with Gasteiger partial charge in [-0.3, -0.25) is 0 Å². The van der Waals surface area contributed by atoms with Gasteiger partial charge in [0, 0.05) is 19.1 Å². The van der Waals surface area contributed by atoms with Crippen molar-refractivity contribution in [1.29, 1.82) is 0 Å². The topological polar surface area (TPSA) is 56.0 Å². The molecule has 0 aliphatic carbocycles. The molecule has 2 aliphatic heterocycles. The number of aromatic nitrogens is 2. The van der Waals surface area contributed by atoms with Crippen molar-refractivity contribution < 1.29 is 0 Å². The molecule has 1 fully saturated rings. The van der Waals surface area contributed by atoms with Crippen LogP contribution in [-0.4, -0.2) is 35.6 Å². The van der Waals surface area contributed by atoms with E-state index >= 15 is 0 Å². The number of anilines is 2. The fourth-order valence-electron chi connectivity index (χ4n) is 5.00. The normalized spacial score (nSPS) is 18.7. The summed E-state index contributed by atoms with van der Waals surface area (Å²) in [5, 5.41) is 7.38. The quantitative estimate of drug-likeness (QED) is 0.528. The molecular formula is C25H33N5. The third-order valence-electron chi connectivity index (χ3n) is 6.57. The Kier molecular flexibility index (Phi) is 5.89. The highest BCUT2D eigenvalue weighted by Gasteiger charge is 2.19. The first-order valence-corrected chi connectivity index (χ1v) is 11.6. The van der Waals surface area contributed by atoms with Crippen LogP contribution in [0.25, 0.3) is 11.0 Å². The molecule has 5 rings (SSSR count). The van der Waals surface area contributed by atoms with E-state index in [2.05, 4.69) is 63.0 Å². The van der Waals surface area contributed by atoms with Gasteiger partial charge in [0.15, 0.2) is 0 Å². The van der Waals surface area contributed by atoms with Crippen LogP contribution >= 0.6 is 0 Å². The summed E-state index contributed by atoms with van der Waals surface area (Å²) in [6, 6.07) is 15.8. The fourth-order valence-corrected chi connectivity index (χ4v) is 5.00. The molecule has 5 heteroatoms. The Labute approximate surface area is 179 Å². The summed E-state index contributed by atoms with van der Waals surface area (Å²) in [4.78, 5) is 10.9. The van der Waals surface area contributed by atoms with E-state index in [4.69, 9.17) is 4.98 Å². The Bertz CT molecular complexity index is 940. The van der Waals surface area contributed by atoms with Gasteiger partial charge in [-0.15, -0.1) is 0 Å². The van der Waals surface area contributed by atoms with Crippen LogP contribution in [0.15, 0.2) is 42.5 Å². The van der Waals surface area contributed by atoms with Crippen molar-refractivity contribution in [2.24, 2.45) is 0 Å². The first-order chi connectivity index (χ1) is 14.9. The van der Waals surface area contributed by atoms with Crippen LogP contribution in [0.4, 0.5) is 11.4 Å². The van der Waals surface area contributed by atoms with Gasteiger partial charge in [0.25, 0.3) is 0 Å². The van der Waals surface area contributed by atoms with Gasteiger partial charge in [-0.2, -0.15) is 0 Å². The predicted molar refractivity (Wildman–Crippen MR) is 125 cm³/mol. The van der Waals surface area contributed by atoms with Crippen LogP contribution in [0.3, 0.4) is 0 Å². The summed E-state index contributed by atoms with van der Waals surface area (Å²) in [5.41, 5.74) is 6.27. The molecule has 0 radical (unpaired) electrons. The second-order valence-electron chi connectivity index (χ2n) is 8.75. The molecule has 0 spiro atoms. The summed E-state index contributed by atoms with van der Waals surface area (Å²) in [6.07, 6.45) is 8.85. The van der Waals surface area contributed by atoms with Gasteiger partial charge >= 0.3 is 0 Å². The largest absolute Gasteiger partial charge is 0.383 e. The van der Waals surface area contributed by atoms with Gasteiger partial charge in [-0.25, -0.2) is 4.98 Å². The lowest BCUT2D eigenvalue weighted by Gasteiger charge is -2.31. The number of imidazole rings is 1. The Morgan fingerprint density at radius 3 is 2.87 bits per heavy atom. The van der Waals surface area contributed by atoms with Crippen molar-refractivity contribution in [3.05, 3.63) is 53.9 Å². The molecule has 5 nitrogen and oxygen atoms in total. The molecule has 30 heavy (non-hydrogen) atoms. The van der Waals surface area contributed by atoms with E-state index < -0.39 is 0 Å². The molecule has 0 bridgehead atoms. The van der Waals surface area contributed by atoms with Crippen LogP contribution in [-0.2, 0) is 13.0 Å². The van der Waals surface area contributed by atoms with Crippen LogP contribution in [0, 0.1) is 0 Å². The number of aryl methyl sites for hydroxylation is 1. The highest BCUT2D eigenvalue weighted by molar-refractivity contribution is 5.76. The maximum atomic E-state index is 4.86. The second-order valence-corrected chi connectivity index (χ2v) is 8.75. The standard InChI is InChI=1S/C25H33N5/c1-2-13-22-21(12-1)28-24(29-22)18-30(17-7-11-20-10-3-4-15-26-20)23-14-5-8-19-9-6-16-27-25(19)23/h1-2,5,8,12-14,20,26-27H,3-4,6-7,9-11,15-18H2,(H,28,29). The Morgan fingerprint density at radius 2 is 1.97 bits per heavy atom. The van der Waals surface area contributed by atoms with E-state index in [-0.39, 0.29) is 0 Å². The minimum Gasteiger partial charge on any atom is -0.383 e. The van der Waals surface area contributed by atoms with Crippen LogP contribution in [0.5, 0.6) is 0 Å². The molecule has 3 aromatic rings. The van der Waals surface area contributed by atoms with Crippen molar-refractivity contribution in [2.45, 2.75) is 57.5 Å². The third kappa shape index (κ3) is 4.31. The molecule has 1 unspecified atom stereocenters. The average Bonchev–Trinajstić information content (AvgIpc) is 3.21. The van der Waals surface area contributed by atoms with Crippen LogP contribution in [0.1, 0.15) is 49.9 Å². The predicted octanol–water partition coefficient (Wildman–Crippen LogP) is 4.85. The highest BCUT2D eigenvalue weighted by atomic mass is 15.2. The first-order valence-electron chi connectivity index (χ1n) is 11.6. The first kappa shape index (κ1) is 19.4. The van der Waals surface area contributed by atoms with Crippen molar-refractivity contribution in [3.63, 3.8) is 0 Å². The minimum absolute atomic E-state index is 0.689. The maximum absolute atomic E-state index is 4.86. The number of piperidine rings is 1. The van der Waals surface area contributed by atoms with Crippen molar-refractivity contribution in [1.82, 2.24) is 15.3 Å². The van der Waals surface area contributed by atoms with Gasteiger partial charge in [0.05, 0.1) is 29.0 Å². The minimum atomic E-state index is 0.689. The molecule has 0 amide bonds. The Morgan fingerprint density at radius 1 is 1.00 bits per heavy atom. The maximum Gasteiger partial charge on any atom is 0.126 e. The van der Waals surface area contributed by atoms with Crippen molar-refractivity contribution in [2.75, 3.05) is 29.9 Å².